The minimum Gasteiger partial charge on any atom is -0.341 e. The average Bonchev–Trinajstić information content (AvgIpc) is 2.85. The molecule has 5 nitrogen and oxygen atoms in total. The van der Waals surface area contributed by atoms with Crippen LogP contribution in [0.15, 0.2) is 18.2 Å². The molecule has 1 atom stereocenters. The average molecular weight is 418 g/mol. The second-order valence-electron chi connectivity index (χ2n) is 6.58. The summed E-state index contributed by atoms with van der Waals surface area (Å²) in [5.41, 5.74) is 9.55. The number of nitrogens with two attached hydrogens (primary N) is 1. The molecular formula is C18H23Cl3N4O. The lowest BCUT2D eigenvalue weighted by Crippen LogP contribution is -2.46. The zero-order valence-corrected chi connectivity index (χ0v) is 17.2. The van der Waals surface area contributed by atoms with Crippen LogP contribution in [0.1, 0.15) is 29.8 Å². The van der Waals surface area contributed by atoms with Crippen LogP contribution in [0.5, 0.6) is 0 Å². The molecule has 0 bridgehead atoms. The zero-order chi connectivity index (χ0) is 18.1. The van der Waals surface area contributed by atoms with Crippen molar-refractivity contribution < 1.29 is 4.79 Å². The van der Waals surface area contributed by atoms with Crippen LogP contribution in [0, 0.1) is 13.8 Å². The molecule has 1 saturated heterocycles. The highest BCUT2D eigenvalue weighted by molar-refractivity contribution is 6.42. The standard InChI is InChI=1S/C18H22Cl2N4O.ClH/c1-11-15(9-18(25)23-7-3-4-13(21)10-23)12(2)24(22-11)14-5-6-16(19)17(20)8-14;/h5-6,8,13H,3-4,7,9-10,21H2,1-2H3;1H. The zero-order valence-electron chi connectivity index (χ0n) is 14.8. The largest absolute Gasteiger partial charge is 0.341 e. The van der Waals surface area contributed by atoms with Crippen LogP contribution in [-0.4, -0.2) is 39.7 Å². The van der Waals surface area contributed by atoms with E-state index < -0.39 is 0 Å². The summed E-state index contributed by atoms with van der Waals surface area (Å²) in [6.45, 7) is 5.31. The summed E-state index contributed by atoms with van der Waals surface area (Å²) in [4.78, 5) is 14.5. The Kier molecular flexibility index (Phi) is 6.97. The molecule has 26 heavy (non-hydrogen) atoms. The van der Waals surface area contributed by atoms with Gasteiger partial charge in [0.2, 0.25) is 5.91 Å². The summed E-state index contributed by atoms with van der Waals surface area (Å²) >= 11 is 12.1. The minimum atomic E-state index is 0. The monoisotopic (exact) mass is 416 g/mol. The topological polar surface area (TPSA) is 64.2 Å². The van der Waals surface area contributed by atoms with Gasteiger partial charge < -0.3 is 10.6 Å². The maximum Gasteiger partial charge on any atom is 0.227 e. The SMILES string of the molecule is Cc1nn(-c2ccc(Cl)c(Cl)c2)c(C)c1CC(=O)N1CCCC(N)C1.Cl. The van der Waals surface area contributed by atoms with E-state index in [4.69, 9.17) is 28.9 Å². The van der Waals surface area contributed by atoms with Crippen molar-refractivity contribution in [2.24, 2.45) is 5.73 Å². The fourth-order valence-electron chi connectivity index (χ4n) is 3.30. The van der Waals surface area contributed by atoms with Gasteiger partial charge >= 0.3 is 0 Å². The summed E-state index contributed by atoms with van der Waals surface area (Å²) < 4.78 is 1.81. The van der Waals surface area contributed by atoms with Crippen molar-refractivity contribution >= 4 is 41.5 Å². The Hall–Kier alpha value is -1.27. The van der Waals surface area contributed by atoms with E-state index in [9.17, 15) is 4.79 Å². The molecule has 0 aliphatic carbocycles. The van der Waals surface area contributed by atoms with Crippen LogP contribution < -0.4 is 5.73 Å². The number of amides is 1. The normalized spacial score (nSPS) is 17.1. The summed E-state index contributed by atoms with van der Waals surface area (Å²) in [7, 11) is 0. The van der Waals surface area contributed by atoms with E-state index in [0.717, 1.165) is 42.0 Å². The number of nitrogens with zero attached hydrogens (tertiary/aromatic N) is 3. The molecule has 2 aromatic rings. The van der Waals surface area contributed by atoms with E-state index in [1.807, 2.05) is 29.5 Å². The van der Waals surface area contributed by atoms with Gasteiger partial charge in [-0.1, -0.05) is 23.2 Å². The predicted octanol–water partition coefficient (Wildman–Crippen LogP) is 3.71. The second-order valence-corrected chi connectivity index (χ2v) is 7.39. The quantitative estimate of drug-likeness (QED) is 0.828. The number of aryl methyl sites for hydroxylation is 1. The van der Waals surface area contributed by atoms with Gasteiger partial charge in [0.05, 0.1) is 27.8 Å². The Morgan fingerprint density at radius 2 is 2.04 bits per heavy atom. The number of aromatic nitrogens is 2. The highest BCUT2D eigenvalue weighted by Crippen LogP contribution is 2.26. The summed E-state index contributed by atoms with van der Waals surface area (Å²) in [6.07, 6.45) is 2.29. The molecule has 2 N–H and O–H groups in total. The van der Waals surface area contributed by atoms with Crippen LogP contribution >= 0.6 is 35.6 Å². The maximum absolute atomic E-state index is 12.7. The molecular weight excluding hydrogens is 395 g/mol. The molecule has 3 rings (SSSR count). The first-order valence-corrected chi connectivity index (χ1v) is 9.16. The summed E-state index contributed by atoms with van der Waals surface area (Å²) in [6, 6.07) is 5.47. The lowest BCUT2D eigenvalue weighted by atomic mass is 10.0. The van der Waals surface area contributed by atoms with Crippen LogP contribution in [0.25, 0.3) is 5.69 Å². The number of rotatable bonds is 3. The number of likely N-dealkylation sites (tertiary alicyclic amines) is 1. The van der Waals surface area contributed by atoms with Crippen molar-refractivity contribution in [2.45, 2.75) is 39.2 Å². The fraction of sp³-hybridized carbons (Fsp3) is 0.444. The molecule has 1 fully saturated rings. The van der Waals surface area contributed by atoms with Gasteiger partial charge in [-0.2, -0.15) is 5.10 Å². The molecule has 1 aromatic carbocycles. The molecule has 1 amide bonds. The first kappa shape index (κ1) is 21.0. The van der Waals surface area contributed by atoms with Crippen molar-refractivity contribution in [1.29, 1.82) is 0 Å². The lowest BCUT2D eigenvalue weighted by molar-refractivity contribution is -0.131. The van der Waals surface area contributed by atoms with Gasteiger partial charge in [-0.15, -0.1) is 12.4 Å². The van der Waals surface area contributed by atoms with Gasteiger partial charge in [0, 0.05) is 30.4 Å². The number of piperidine rings is 1. The third-order valence-corrected chi connectivity index (χ3v) is 5.47. The molecule has 0 spiro atoms. The van der Waals surface area contributed by atoms with Gasteiger partial charge in [0.1, 0.15) is 0 Å². The maximum atomic E-state index is 12.7. The third kappa shape index (κ3) is 4.34. The molecule has 142 valence electrons. The van der Waals surface area contributed by atoms with E-state index >= 15 is 0 Å². The van der Waals surface area contributed by atoms with E-state index in [1.165, 1.54) is 0 Å². The molecule has 0 radical (unpaired) electrons. The summed E-state index contributed by atoms with van der Waals surface area (Å²) in [5.74, 6) is 0.107. The number of halogens is 3. The van der Waals surface area contributed by atoms with Crippen molar-refractivity contribution in [1.82, 2.24) is 14.7 Å². The van der Waals surface area contributed by atoms with Gasteiger partial charge in [-0.25, -0.2) is 4.68 Å². The Morgan fingerprint density at radius 3 is 2.69 bits per heavy atom. The van der Waals surface area contributed by atoms with Gasteiger partial charge in [0.25, 0.3) is 0 Å². The van der Waals surface area contributed by atoms with E-state index in [1.54, 1.807) is 12.1 Å². The Bertz CT molecular complexity index is 806. The molecule has 2 heterocycles. The Balaban J connectivity index is 0.00000243. The number of carbonyl (C=O) groups is 1. The van der Waals surface area contributed by atoms with E-state index in [2.05, 4.69) is 5.10 Å². The number of benzene rings is 1. The van der Waals surface area contributed by atoms with Crippen LogP contribution in [0.3, 0.4) is 0 Å². The van der Waals surface area contributed by atoms with Crippen LogP contribution in [0.2, 0.25) is 10.0 Å². The molecule has 0 saturated carbocycles. The van der Waals surface area contributed by atoms with Crippen molar-refractivity contribution in [3.63, 3.8) is 0 Å². The van der Waals surface area contributed by atoms with E-state index in [0.29, 0.717) is 23.0 Å². The number of hydrogen-bond acceptors (Lipinski definition) is 3. The Labute approximate surface area is 169 Å². The highest BCUT2D eigenvalue weighted by atomic mass is 35.5. The lowest BCUT2D eigenvalue weighted by Gasteiger charge is -2.30. The van der Waals surface area contributed by atoms with Crippen LogP contribution in [0.4, 0.5) is 0 Å². The molecule has 1 aromatic heterocycles. The van der Waals surface area contributed by atoms with Crippen molar-refractivity contribution in [3.8, 4) is 5.69 Å². The molecule has 1 aliphatic rings. The van der Waals surface area contributed by atoms with E-state index in [-0.39, 0.29) is 24.4 Å². The molecule has 1 unspecified atom stereocenters. The predicted molar refractivity (Wildman–Crippen MR) is 108 cm³/mol. The second kappa shape index (κ2) is 8.61. The van der Waals surface area contributed by atoms with Crippen molar-refractivity contribution in [3.05, 3.63) is 45.2 Å². The van der Waals surface area contributed by atoms with Gasteiger partial charge in [-0.3, -0.25) is 4.79 Å². The van der Waals surface area contributed by atoms with Crippen molar-refractivity contribution in [2.75, 3.05) is 13.1 Å². The third-order valence-electron chi connectivity index (χ3n) is 4.73. The van der Waals surface area contributed by atoms with Gasteiger partial charge in [-0.05, 0) is 44.9 Å². The first-order valence-electron chi connectivity index (χ1n) is 8.40. The number of hydrogen-bond donors (Lipinski definition) is 1. The minimum absolute atomic E-state index is 0. The van der Waals surface area contributed by atoms with Crippen LogP contribution in [-0.2, 0) is 11.2 Å². The molecule has 8 heteroatoms. The smallest absolute Gasteiger partial charge is 0.227 e. The molecule has 1 aliphatic heterocycles. The number of carbonyl (C=O) groups excluding carboxylic acids is 1. The first-order chi connectivity index (χ1) is 11.9. The Morgan fingerprint density at radius 1 is 1.31 bits per heavy atom. The fourth-order valence-corrected chi connectivity index (χ4v) is 3.59. The highest BCUT2D eigenvalue weighted by Gasteiger charge is 2.24. The summed E-state index contributed by atoms with van der Waals surface area (Å²) in [5, 5.41) is 5.57. The van der Waals surface area contributed by atoms with Gasteiger partial charge in [0.15, 0.2) is 0 Å².